The van der Waals surface area contributed by atoms with Crippen molar-refractivity contribution in [1.82, 2.24) is 0 Å². The van der Waals surface area contributed by atoms with Gasteiger partial charge in [0.2, 0.25) is 0 Å². The molecule has 0 aromatic heterocycles. The van der Waals surface area contributed by atoms with Crippen LogP contribution in [0.1, 0.15) is 11.5 Å². The minimum Gasteiger partial charge on any atom is -0.329 e. The summed E-state index contributed by atoms with van der Waals surface area (Å²) in [5.41, 5.74) is 11.4. The number of sulfone groups is 1. The van der Waals surface area contributed by atoms with E-state index in [1.807, 2.05) is 0 Å². The van der Waals surface area contributed by atoms with Gasteiger partial charge in [-0.05, 0) is 29.8 Å². The third kappa shape index (κ3) is 2.24. The van der Waals surface area contributed by atoms with Gasteiger partial charge >= 0.3 is 0 Å². The summed E-state index contributed by atoms with van der Waals surface area (Å²) in [5.74, 6) is -0.918. The molecule has 3 unspecified atom stereocenters. The minimum atomic E-state index is -3.62. The topological polar surface area (TPSA) is 86.2 Å². The summed E-state index contributed by atoms with van der Waals surface area (Å²) in [6, 6.07) is 14.0. The molecule has 0 saturated heterocycles. The summed E-state index contributed by atoms with van der Waals surface area (Å²) in [5, 5.41) is -0.839. The van der Waals surface area contributed by atoms with Crippen LogP contribution in [0.2, 0.25) is 0 Å². The SMILES string of the molecule is NCC1(N)C(c2cccc(F)c2)C1S(=O)(=O)c1ccccc1. The van der Waals surface area contributed by atoms with E-state index in [-0.39, 0.29) is 11.4 Å². The Morgan fingerprint density at radius 3 is 2.36 bits per heavy atom. The van der Waals surface area contributed by atoms with Crippen LogP contribution in [0.5, 0.6) is 0 Å². The lowest BCUT2D eigenvalue weighted by Gasteiger charge is -2.08. The first-order chi connectivity index (χ1) is 10.4. The molecule has 1 aliphatic carbocycles. The second-order valence-electron chi connectivity index (χ2n) is 5.63. The fourth-order valence-corrected chi connectivity index (χ4v) is 5.42. The van der Waals surface area contributed by atoms with Gasteiger partial charge in [0.15, 0.2) is 9.84 Å². The van der Waals surface area contributed by atoms with Gasteiger partial charge in [-0.2, -0.15) is 0 Å². The Hall–Kier alpha value is -1.76. The van der Waals surface area contributed by atoms with E-state index >= 15 is 0 Å². The maximum atomic E-state index is 13.4. The summed E-state index contributed by atoms with van der Waals surface area (Å²) in [6.45, 7) is 0.0188. The molecule has 6 heteroatoms. The summed E-state index contributed by atoms with van der Waals surface area (Å²) < 4.78 is 39.1. The highest BCUT2D eigenvalue weighted by Crippen LogP contribution is 2.55. The molecule has 1 saturated carbocycles. The molecular formula is C16H17FN2O2S. The van der Waals surface area contributed by atoms with Crippen LogP contribution in [0.25, 0.3) is 0 Å². The van der Waals surface area contributed by atoms with Crippen molar-refractivity contribution in [1.29, 1.82) is 0 Å². The van der Waals surface area contributed by atoms with Crippen LogP contribution >= 0.6 is 0 Å². The average molecular weight is 320 g/mol. The van der Waals surface area contributed by atoms with Crippen LogP contribution in [0.15, 0.2) is 59.5 Å². The van der Waals surface area contributed by atoms with Gasteiger partial charge in [0, 0.05) is 12.5 Å². The number of halogens is 1. The molecule has 3 atom stereocenters. The van der Waals surface area contributed by atoms with E-state index in [9.17, 15) is 12.8 Å². The summed E-state index contributed by atoms with van der Waals surface area (Å²) in [6.07, 6.45) is 0. The Morgan fingerprint density at radius 2 is 1.77 bits per heavy atom. The predicted octanol–water partition coefficient (Wildman–Crippen LogP) is 1.42. The van der Waals surface area contributed by atoms with Crippen molar-refractivity contribution in [2.45, 2.75) is 21.6 Å². The zero-order valence-corrected chi connectivity index (χ0v) is 12.6. The molecule has 1 aliphatic rings. The summed E-state index contributed by atoms with van der Waals surface area (Å²) in [4.78, 5) is 0.210. The van der Waals surface area contributed by atoms with E-state index in [0.29, 0.717) is 5.56 Å². The van der Waals surface area contributed by atoms with Crippen molar-refractivity contribution in [2.24, 2.45) is 11.5 Å². The molecule has 116 valence electrons. The number of nitrogens with two attached hydrogens (primary N) is 2. The number of hydrogen-bond donors (Lipinski definition) is 2. The Kier molecular flexibility index (Phi) is 3.55. The van der Waals surface area contributed by atoms with E-state index in [4.69, 9.17) is 11.5 Å². The molecule has 0 amide bonds. The van der Waals surface area contributed by atoms with Gasteiger partial charge < -0.3 is 11.5 Å². The van der Waals surface area contributed by atoms with Crippen molar-refractivity contribution in [3.63, 3.8) is 0 Å². The van der Waals surface area contributed by atoms with E-state index in [0.717, 1.165) is 0 Å². The van der Waals surface area contributed by atoms with E-state index in [2.05, 4.69) is 0 Å². The van der Waals surface area contributed by atoms with Crippen molar-refractivity contribution in [3.8, 4) is 0 Å². The van der Waals surface area contributed by atoms with Crippen molar-refractivity contribution >= 4 is 9.84 Å². The third-order valence-corrected chi connectivity index (χ3v) is 6.58. The van der Waals surface area contributed by atoms with Crippen molar-refractivity contribution in [2.75, 3.05) is 6.54 Å². The molecule has 3 rings (SSSR count). The van der Waals surface area contributed by atoms with Crippen LogP contribution in [-0.2, 0) is 9.84 Å². The molecule has 0 radical (unpaired) electrons. The highest BCUT2D eigenvalue weighted by molar-refractivity contribution is 7.92. The molecular weight excluding hydrogens is 303 g/mol. The smallest absolute Gasteiger partial charge is 0.183 e. The number of hydrogen-bond acceptors (Lipinski definition) is 4. The van der Waals surface area contributed by atoms with Gasteiger partial charge in [-0.15, -0.1) is 0 Å². The molecule has 4 N–H and O–H groups in total. The normalized spacial score (nSPS) is 27.6. The van der Waals surface area contributed by atoms with Crippen LogP contribution in [0, 0.1) is 5.82 Å². The van der Waals surface area contributed by atoms with Gasteiger partial charge in [0.25, 0.3) is 0 Å². The molecule has 0 aliphatic heterocycles. The van der Waals surface area contributed by atoms with E-state index in [1.54, 1.807) is 30.3 Å². The van der Waals surface area contributed by atoms with Gasteiger partial charge in [0.1, 0.15) is 5.82 Å². The number of benzene rings is 2. The predicted molar refractivity (Wildman–Crippen MR) is 82.5 cm³/mol. The molecule has 0 bridgehead atoms. The Labute approximate surface area is 128 Å². The molecule has 4 nitrogen and oxygen atoms in total. The first-order valence-corrected chi connectivity index (χ1v) is 8.49. The van der Waals surface area contributed by atoms with Gasteiger partial charge in [-0.25, -0.2) is 12.8 Å². The van der Waals surface area contributed by atoms with Crippen LogP contribution in [0.3, 0.4) is 0 Å². The Bertz CT molecular complexity index is 795. The Balaban J connectivity index is 2.04. The zero-order valence-electron chi connectivity index (χ0n) is 11.8. The summed E-state index contributed by atoms with van der Waals surface area (Å²) in [7, 11) is -3.62. The van der Waals surface area contributed by atoms with Crippen molar-refractivity contribution < 1.29 is 12.8 Å². The molecule has 22 heavy (non-hydrogen) atoms. The van der Waals surface area contributed by atoms with Gasteiger partial charge in [0.05, 0.1) is 15.7 Å². The first-order valence-electron chi connectivity index (χ1n) is 6.94. The lowest BCUT2D eigenvalue weighted by molar-refractivity contribution is 0.586. The first kappa shape index (κ1) is 15.1. The maximum absolute atomic E-state index is 13.4. The quantitative estimate of drug-likeness (QED) is 0.892. The fraction of sp³-hybridized carbons (Fsp3) is 0.250. The van der Waals surface area contributed by atoms with E-state index < -0.39 is 32.4 Å². The van der Waals surface area contributed by atoms with Crippen molar-refractivity contribution in [3.05, 3.63) is 66.0 Å². The number of rotatable bonds is 4. The van der Waals surface area contributed by atoms with Crippen LogP contribution in [0.4, 0.5) is 4.39 Å². The van der Waals surface area contributed by atoms with Crippen LogP contribution < -0.4 is 11.5 Å². The van der Waals surface area contributed by atoms with Crippen LogP contribution in [-0.4, -0.2) is 25.8 Å². The highest BCUT2D eigenvalue weighted by Gasteiger charge is 2.68. The fourth-order valence-electron chi connectivity index (χ4n) is 3.08. The molecule has 1 fully saturated rings. The molecule has 2 aromatic rings. The average Bonchev–Trinajstić information content (AvgIpc) is 3.16. The second-order valence-corrected chi connectivity index (χ2v) is 7.70. The lowest BCUT2D eigenvalue weighted by Crippen LogP contribution is -2.39. The van der Waals surface area contributed by atoms with Gasteiger partial charge in [-0.1, -0.05) is 30.3 Å². The van der Waals surface area contributed by atoms with E-state index in [1.165, 1.54) is 24.3 Å². The highest BCUT2D eigenvalue weighted by atomic mass is 32.2. The Morgan fingerprint density at radius 1 is 1.09 bits per heavy atom. The zero-order chi connectivity index (χ0) is 16.0. The minimum absolute atomic E-state index is 0.0188. The van der Waals surface area contributed by atoms with Gasteiger partial charge in [-0.3, -0.25) is 0 Å². The lowest BCUT2D eigenvalue weighted by atomic mass is 10.1. The monoisotopic (exact) mass is 320 g/mol. The third-order valence-electron chi connectivity index (χ3n) is 4.27. The molecule has 2 aromatic carbocycles. The summed E-state index contributed by atoms with van der Waals surface area (Å²) >= 11 is 0. The standard InChI is InChI=1S/C16H17FN2O2S/c17-12-6-4-5-11(9-12)14-15(16(14,19)10-18)22(20,21)13-7-2-1-3-8-13/h1-9,14-15H,10,18-19H2. The second kappa shape index (κ2) is 5.15. The maximum Gasteiger partial charge on any atom is 0.183 e. The molecule has 0 spiro atoms. The molecule has 0 heterocycles. The largest absolute Gasteiger partial charge is 0.329 e.